The van der Waals surface area contributed by atoms with Gasteiger partial charge in [-0.2, -0.15) is 0 Å². The first kappa shape index (κ1) is 14.3. The van der Waals surface area contributed by atoms with Crippen molar-refractivity contribution in [2.45, 2.75) is 23.3 Å². The van der Waals surface area contributed by atoms with Crippen LogP contribution in [0, 0.1) is 5.82 Å². The van der Waals surface area contributed by atoms with E-state index in [4.69, 9.17) is 0 Å². The molecule has 0 aliphatic carbocycles. The van der Waals surface area contributed by atoms with Gasteiger partial charge in [0.2, 0.25) is 5.95 Å². The number of fused-ring (bicyclic) bond motifs is 1. The number of nitrogens with one attached hydrogen (secondary N) is 1. The van der Waals surface area contributed by atoms with Gasteiger partial charge in [-0.1, -0.05) is 18.7 Å². The molecule has 2 heterocycles. The zero-order valence-corrected chi connectivity index (χ0v) is 13.3. The summed E-state index contributed by atoms with van der Waals surface area (Å²) in [6, 6.07) is 8.60. The van der Waals surface area contributed by atoms with Crippen molar-refractivity contribution in [2.24, 2.45) is 0 Å². The summed E-state index contributed by atoms with van der Waals surface area (Å²) in [5.41, 5.74) is 0. The van der Waals surface area contributed by atoms with Crippen LogP contribution in [0.3, 0.4) is 0 Å². The second kappa shape index (κ2) is 5.99. The number of nitrogens with zero attached hydrogens (tertiary/aromatic N) is 2. The fourth-order valence-corrected chi connectivity index (χ4v) is 3.85. The summed E-state index contributed by atoms with van der Waals surface area (Å²) in [7, 11) is 1.81. The van der Waals surface area contributed by atoms with Crippen molar-refractivity contribution in [1.29, 1.82) is 0 Å². The number of aromatic nitrogens is 2. The number of aryl methyl sites for hydroxylation is 1. The van der Waals surface area contributed by atoms with Crippen molar-refractivity contribution in [3.8, 4) is 0 Å². The molecular weight excluding hydrogens is 305 g/mol. The van der Waals surface area contributed by atoms with Gasteiger partial charge >= 0.3 is 0 Å². The van der Waals surface area contributed by atoms with Crippen LogP contribution in [0.1, 0.15) is 11.8 Å². The molecule has 6 heteroatoms. The topological polar surface area (TPSA) is 37.8 Å². The van der Waals surface area contributed by atoms with Gasteiger partial charge in [0.1, 0.15) is 15.7 Å². The Kier molecular flexibility index (Phi) is 4.07. The SMILES string of the molecule is CCc1cc2c(Sc3ccc(F)cc3)nc(NC)nc2s1. The Labute approximate surface area is 130 Å². The quantitative estimate of drug-likeness (QED) is 0.714. The first-order chi connectivity index (χ1) is 10.2. The molecule has 0 saturated heterocycles. The molecule has 0 atom stereocenters. The third kappa shape index (κ3) is 3.01. The summed E-state index contributed by atoms with van der Waals surface area (Å²) in [6.07, 6.45) is 0.983. The van der Waals surface area contributed by atoms with Crippen molar-refractivity contribution in [3.63, 3.8) is 0 Å². The van der Waals surface area contributed by atoms with Crippen molar-refractivity contribution in [3.05, 3.63) is 41.0 Å². The highest BCUT2D eigenvalue weighted by atomic mass is 32.2. The van der Waals surface area contributed by atoms with Crippen LogP contribution < -0.4 is 5.32 Å². The third-order valence-corrected chi connectivity index (χ3v) is 5.19. The summed E-state index contributed by atoms with van der Waals surface area (Å²) in [6.45, 7) is 2.13. The van der Waals surface area contributed by atoms with Crippen LogP contribution >= 0.6 is 23.1 Å². The summed E-state index contributed by atoms with van der Waals surface area (Å²) < 4.78 is 13.0. The van der Waals surface area contributed by atoms with Crippen molar-refractivity contribution in [2.75, 3.05) is 12.4 Å². The molecule has 1 aromatic carbocycles. The number of rotatable bonds is 4. The number of anilines is 1. The molecule has 0 radical (unpaired) electrons. The van der Waals surface area contributed by atoms with E-state index >= 15 is 0 Å². The van der Waals surface area contributed by atoms with Crippen LogP contribution in [0.15, 0.2) is 40.3 Å². The van der Waals surface area contributed by atoms with Crippen molar-refractivity contribution >= 4 is 39.3 Å². The van der Waals surface area contributed by atoms with Gasteiger partial charge in [0, 0.05) is 22.2 Å². The Bertz CT molecular complexity index is 768. The molecule has 0 spiro atoms. The van der Waals surface area contributed by atoms with Crippen LogP contribution in [0.2, 0.25) is 0 Å². The lowest BCUT2D eigenvalue weighted by Crippen LogP contribution is -1.96. The minimum absolute atomic E-state index is 0.230. The first-order valence-electron chi connectivity index (χ1n) is 6.61. The van der Waals surface area contributed by atoms with E-state index in [2.05, 4.69) is 28.3 Å². The Hall–Kier alpha value is -1.66. The molecule has 1 N–H and O–H groups in total. The van der Waals surface area contributed by atoms with E-state index in [1.807, 2.05) is 7.05 Å². The molecule has 2 aromatic heterocycles. The molecule has 0 fully saturated rings. The molecule has 0 unspecified atom stereocenters. The molecule has 108 valence electrons. The monoisotopic (exact) mass is 319 g/mol. The zero-order valence-electron chi connectivity index (χ0n) is 11.7. The smallest absolute Gasteiger partial charge is 0.224 e. The van der Waals surface area contributed by atoms with E-state index in [0.717, 1.165) is 26.6 Å². The summed E-state index contributed by atoms with van der Waals surface area (Å²) >= 11 is 3.22. The van der Waals surface area contributed by atoms with Gasteiger partial charge in [-0.05, 0) is 36.8 Å². The minimum Gasteiger partial charge on any atom is -0.357 e. The predicted octanol–water partition coefficient (Wildman–Crippen LogP) is 4.59. The lowest BCUT2D eigenvalue weighted by molar-refractivity contribution is 0.626. The molecule has 0 aliphatic rings. The molecule has 0 amide bonds. The average molecular weight is 319 g/mol. The molecular formula is C15H14FN3S2. The maximum absolute atomic E-state index is 13.0. The van der Waals surface area contributed by atoms with Crippen LogP contribution in [-0.4, -0.2) is 17.0 Å². The number of benzene rings is 1. The molecule has 3 aromatic rings. The lowest BCUT2D eigenvalue weighted by Gasteiger charge is -2.05. The maximum atomic E-state index is 13.0. The van der Waals surface area contributed by atoms with E-state index < -0.39 is 0 Å². The van der Waals surface area contributed by atoms with E-state index in [1.165, 1.54) is 28.8 Å². The van der Waals surface area contributed by atoms with Crippen LogP contribution in [0.4, 0.5) is 10.3 Å². The van der Waals surface area contributed by atoms with Gasteiger partial charge in [0.25, 0.3) is 0 Å². The second-order valence-corrected chi connectivity index (χ2v) is 6.62. The number of hydrogen-bond donors (Lipinski definition) is 1. The first-order valence-corrected chi connectivity index (χ1v) is 8.24. The van der Waals surface area contributed by atoms with Crippen LogP contribution in [-0.2, 0) is 6.42 Å². The van der Waals surface area contributed by atoms with Gasteiger partial charge in [-0.25, -0.2) is 14.4 Å². The minimum atomic E-state index is -0.230. The lowest BCUT2D eigenvalue weighted by atomic mass is 10.3. The highest BCUT2D eigenvalue weighted by Crippen LogP contribution is 2.36. The second-order valence-electron chi connectivity index (χ2n) is 4.44. The Morgan fingerprint density at radius 1 is 1.24 bits per heavy atom. The molecule has 0 aliphatic heterocycles. The van der Waals surface area contributed by atoms with E-state index in [1.54, 1.807) is 23.5 Å². The molecule has 3 rings (SSSR count). The molecule has 21 heavy (non-hydrogen) atoms. The van der Waals surface area contributed by atoms with E-state index in [0.29, 0.717) is 5.95 Å². The maximum Gasteiger partial charge on any atom is 0.224 e. The summed E-state index contributed by atoms with van der Waals surface area (Å²) in [4.78, 5) is 12.3. The van der Waals surface area contributed by atoms with Gasteiger partial charge in [0.15, 0.2) is 0 Å². The van der Waals surface area contributed by atoms with Crippen molar-refractivity contribution < 1.29 is 4.39 Å². The number of hydrogen-bond acceptors (Lipinski definition) is 5. The van der Waals surface area contributed by atoms with E-state index in [-0.39, 0.29) is 5.82 Å². The highest BCUT2D eigenvalue weighted by molar-refractivity contribution is 7.99. The number of halogens is 1. The largest absolute Gasteiger partial charge is 0.357 e. The third-order valence-electron chi connectivity index (χ3n) is 3.01. The highest BCUT2D eigenvalue weighted by Gasteiger charge is 2.12. The standard InChI is InChI=1S/C15H14FN3S2/c1-3-10-8-12-13(20-10)18-15(17-2)19-14(12)21-11-6-4-9(16)5-7-11/h4-8H,3H2,1-2H3,(H,17,18,19). The summed E-state index contributed by atoms with van der Waals surface area (Å²) in [5, 5.41) is 4.95. The normalized spacial score (nSPS) is 11.0. The summed E-state index contributed by atoms with van der Waals surface area (Å²) in [5.74, 6) is 0.378. The molecule has 0 saturated carbocycles. The Morgan fingerprint density at radius 2 is 2.00 bits per heavy atom. The van der Waals surface area contributed by atoms with Gasteiger partial charge in [0.05, 0.1) is 0 Å². The van der Waals surface area contributed by atoms with Gasteiger partial charge in [-0.3, -0.25) is 0 Å². The molecule has 0 bridgehead atoms. The Balaban J connectivity index is 2.06. The van der Waals surface area contributed by atoms with E-state index in [9.17, 15) is 4.39 Å². The fraction of sp³-hybridized carbons (Fsp3) is 0.200. The number of thiophene rings is 1. The van der Waals surface area contributed by atoms with Crippen LogP contribution in [0.25, 0.3) is 10.2 Å². The van der Waals surface area contributed by atoms with Crippen molar-refractivity contribution in [1.82, 2.24) is 9.97 Å². The van der Waals surface area contributed by atoms with Crippen LogP contribution in [0.5, 0.6) is 0 Å². The zero-order chi connectivity index (χ0) is 14.8. The molecule has 3 nitrogen and oxygen atoms in total. The van der Waals surface area contributed by atoms with Gasteiger partial charge < -0.3 is 5.32 Å². The fourth-order valence-electron chi connectivity index (χ4n) is 1.92. The average Bonchev–Trinajstić information content (AvgIpc) is 2.92. The van der Waals surface area contributed by atoms with Gasteiger partial charge in [-0.15, -0.1) is 11.3 Å². The predicted molar refractivity (Wildman–Crippen MR) is 86.9 cm³/mol. The Morgan fingerprint density at radius 3 is 2.67 bits per heavy atom.